The molecule has 2 saturated carbocycles. The predicted octanol–water partition coefficient (Wildman–Crippen LogP) is 7.33. The van der Waals surface area contributed by atoms with Gasteiger partial charge >= 0.3 is 11.9 Å². The Hall–Kier alpha value is -4.46. The molecule has 4 nitrogen and oxygen atoms in total. The van der Waals surface area contributed by atoms with Gasteiger partial charge in [-0.25, -0.2) is 17.6 Å². The van der Waals surface area contributed by atoms with Crippen LogP contribution in [0.4, 0.5) is 17.6 Å². The minimum Gasteiger partial charge on any atom is -0.481 e. The van der Waals surface area contributed by atoms with E-state index in [0.29, 0.717) is 42.4 Å². The van der Waals surface area contributed by atoms with Crippen LogP contribution >= 0.6 is 0 Å². The number of rotatable bonds is 7. The molecule has 4 aromatic carbocycles. The first-order chi connectivity index (χ1) is 19.1. The fourth-order valence-corrected chi connectivity index (χ4v) is 5.15. The van der Waals surface area contributed by atoms with Crippen molar-refractivity contribution in [3.8, 4) is 28.0 Å². The molecule has 40 heavy (non-hydrogen) atoms. The summed E-state index contributed by atoms with van der Waals surface area (Å²) in [6.07, 6.45) is 1.88. The molecular formula is C32H22F4O4. The van der Waals surface area contributed by atoms with Crippen molar-refractivity contribution in [2.75, 3.05) is 0 Å². The number of hydrogen-bond acceptors (Lipinski definition) is 3. The Labute approximate surface area is 226 Å². The van der Waals surface area contributed by atoms with E-state index in [4.69, 9.17) is 4.74 Å². The quantitative estimate of drug-likeness (QED) is 0.150. The molecule has 4 aromatic rings. The summed E-state index contributed by atoms with van der Waals surface area (Å²) < 4.78 is 62.3. The average Bonchev–Trinajstić information content (AvgIpc) is 3.85. The zero-order valence-corrected chi connectivity index (χ0v) is 21.0. The molecule has 202 valence electrons. The number of aliphatic carboxylic acids is 1. The maximum absolute atomic E-state index is 15.0. The van der Waals surface area contributed by atoms with Crippen LogP contribution in [0.25, 0.3) is 22.3 Å². The van der Waals surface area contributed by atoms with Crippen LogP contribution in [0, 0.1) is 23.3 Å². The molecule has 0 aliphatic heterocycles. The molecule has 0 bridgehead atoms. The van der Waals surface area contributed by atoms with E-state index in [0.717, 1.165) is 12.1 Å². The number of carbonyl (C=O) groups excluding carboxylic acids is 1. The van der Waals surface area contributed by atoms with Crippen molar-refractivity contribution in [1.29, 1.82) is 0 Å². The van der Waals surface area contributed by atoms with E-state index in [9.17, 15) is 32.3 Å². The molecule has 2 aliphatic carbocycles. The highest BCUT2D eigenvalue weighted by molar-refractivity contribution is 5.89. The van der Waals surface area contributed by atoms with Crippen molar-refractivity contribution in [3.63, 3.8) is 0 Å². The fraction of sp³-hybridized carbons (Fsp3) is 0.188. The Balaban J connectivity index is 1.18. The first kappa shape index (κ1) is 25.8. The van der Waals surface area contributed by atoms with Crippen LogP contribution in [-0.4, -0.2) is 17.0 Å². The lowest BCUT2D eigenvalue weighted by Gasteiger charge is -2.16. The summed E-state index contributed by atoms with van der Waals surface area (Å²) >= 11 is 0. The smallest absolute Gasteiger partial charge is 0.321 e. The zero-order valence-electron chi connectivity index (χ0n) is 21.0. The summed E-state index contributed by atoms with van der Waals surface area (Å²) in [5.74, 6) is -4.60. The van der Waals surface area contributed by atoms with E-state index < -0.39 is 46.0 Å². The third kappa shape index (κ3) is 4.33. The number of esters is 1. The monoisotopic (exact) mass is 546 g/mol. The van der Waals surface area contributed by atoms with Crippen molar-refractivity contribution in [1.82, 2.24) is 0 Å². The normalized spacial score (nSPS) is 16.3. The lowest BCUT2D eigenvalue weighted by Crippen LogP contribution is -2.26. The summed E-state index contributed by atoms with van der Waals surface area (Å²) in [4.78, 5) is 24.6. The number of carbonyl (C=O) groups is 2. The third-order valence-corrected chi connectivity index (χ3v) is 7.95. The fourth-order valence-electron chi connectivity index (χ4n) is 5.15. The Morgan fingerprint density at radius 2 is 1.12 bits per heavy atom. The van der Waals surface area contributed by atoms with E-state index in [-0.39, 0.29) is 22.4 Å². The molecule has 0 saturated heterocycles. The van der Waals surface area contributed by atoms with E-state index in [2.05, 4.69) is 0 Å². The summed E-state index contributed by atoms with van der Waals surface area (Å²) in [5, 5.41) is 9.46. The minimum absolute atomic E-state index is 0.0814. The summed E-state index contributed by atoms with van der Waals surface area (Å²) in [6, 6.07) is 18.0. The number of halogens is 4. The van der Waals surface area contributed by atoms with Crippen LogP contribution in [0.2, 0.25) is 0 Å². The number of benzene rings is 4. The summed E-state index contributed by atoms with van der Waals surface area (Å²) in [6.45, 7) is 0. The van der Waals surface area contributed by atoms with Gasteiger partial charge in [0.05, 0.1) is 10.8 Å². The second-order valence-electron chi connectivity index (χ2n) is 10.4. The van der Waals surface area contributed by atoms with Gasteiger partial charge in [-0.3, -0.25) is 9.59 Å². The second-order valence-corrected chi connectivity index (χ2v) is 10.4. The van der Waals surface area contributed by atoms with Gasteiger partial charge in [0.15, 0.2) is 11.6 Å². The van der Waals surface area contributed by atoms with Gasteiger partial charge in [-0.2, -0.15) is 0 Å². The van der Waals surface area contributed by atoms with Crippen LogP contribution in [0.5, 0.6) is 5.75 Å². The van der Waals surface area contributed by atoms with E-state index in [1.807, 2.05) is 0 Å². The topological polar surface area (TPSA) is 63.6 Å². The van der Waals surface area contributed by atoms with Gasteiger partial charge in [-0.1, -0.05) is 42.5 Å². The number of carboxylic acid groups (broad SMARTS) is 1. The standard InChI is InChI=1S/C32H22F4O4/c33-25-10-3-19(15-28(25)36)24-9-5-21(17-27(24)35)32(13-14-32)30(39)40-22-6-1-18(2-7-22)23-8-4-20(16-26(23)34)31(11-12-31)29(37)38/h1-10,15-17H,11-14H2,(H,37,38). The Bertz CT molecular complexity index is 1670. The highest BCUT2D eigenvalue weighted by atomic mass is 19.2. The highest BCUT2D eigenvalue weighted by Gasteiger charge is 2.53. The maximum Gasteiger partial charge on any atom is 0.321 e. The number of hydrogen-bond donors (Lipinski definition) is 1. The van der Waals surface area contributed by atoms with Gasteiger partial charge in [0.1, 0.15) is 17.4 Å². The predicted molar refractivity (Wildman–Crippen MR) is 139 cm³/mol. The van der Waals surface area contributed by atoms with Crippen molar-refractivity contribution < 1.29 is 37.0 Å². The second kappa shape index (κ2) is 9.33. The molecule has 0 radical (unpaired) electrons. The first-order valence-electron chi connectivity index (χ1n) is 12.7. The van der Waals surface area contributed by atoms with Gasteiger partial charge in [0, 0.05) is 11.1 Å². The van der Waals surface area contributed by atoms with E-state index in [1.165, 1.54) is 36.4 Å². The van der Waals surface area contributed by atoms with Gasteiger partial charge in [0.25, 0.3) is 0 Å². The molecule has 0 amide bonds. The highest BCUT2D eigenvalue weighted by Crippen LogP contribution is 2.50. The molecule has 1 N–H and O–H groups in total. The minimum atomic E-state index is -1.08. The Morgan fingerprint density at radius 1 is 0.600 bits per heavy atom. The van der Waals surface area contributed by atoms with Gasteiger partial charge in [0.2, 0.25) is 0 Å². The molecule has 0 heterocycles. The van der Waals surface area contributed by atoms with Gasteiger partial charge in [-0.15, -0.1) is 0 Å². The molecule has 0 spiro atoms. The molecule has 6 rings (SSSR count). The van der Waals surface area contributed by atoms with E-state index >= 15 is 0 Å². The largest absolute Gasteiger partial charge is 0.481 e. The van der Waals surface area contributed by atoms with Crippen molar-refractivity contribution >= 4 is 11.9 Å². The SMILES string of the molecule is O=C(O)C1(c2ccc(-c3ccc(OC(=O)C4(c5ccc(-c6ccc(F)c(F)c6)c(F)c5)CC4)cc3)c(F)c2)CC1. The van der Waals surface area contributed by atoms with Crippen molar-refractivity contribution in [2.24, 2.45) is 0 Å². The summed E-state index contributed by atoms with van der Waals surface area (Å²) in [5.41, 5.74) is -0.0767. The molecule has 2 aliphatic rings. The number of ether oxygens (including phenoxy) is 1. The van der Waals surface area contributed by atoms with Gasteiger partial charge < -0.3 is 9.84 Å². The lowest BCUT2D eigenvalue weighted by molar-refractivity contribution is -0.140. The van der Waals surface area contributed by atoms with Crippen LogP contribution in [0.1, 0.15) is 36.8 Å². The average molecular weight is 547 g/mol. The molecular weight excluding hydrogens is 524 g/mol. The molecule has 0 atom stereocenters. The zero-order chi connectivity index (χ0) is 28.2. The molecule has 8 heteroatoms. The first-order valence-corrected chi connectivity index (χ1v) is 12.7. The van der Waals surface area contributed by atoms with Crippen molar-refractivity contribution in [3.05, 3.63) is 113 Å². The summed E-state index contributed by atoms with van der Waals surface area (Å²) in [7, 11) is 0. The third-order valence-electron chi connectivity index (χ3n) is 7.95. The maximum atomic E-state index is 15.0. The molecule has 2 fully saturated rings. The van der Waals surface area contributed by atoms with Crippen LogP contribution in [-0.2, 0) is 20.4 Å². The lowest BCUT2D eigenvalue weighted by atomic mass is 9.93. The Kier molecular flexibility index (Phi) is 6.02. The van der Waals surface area contributed by atoms with Gasteiger partial charge in [-0.05, 0) is 84.3 Å². The van der Waals surface area contributed by atoms with Crippen LogP contribution in [0.3, 0.4) is 0 Å². The van der Waals surface area contributed by atoms with Crippen LogP contribution < -0.4 is 4.74 Å². The molecule has 0 unspecified atom stereocenters. The molecule has 0 aromatic heterocycles. The Morgan fingerprint density at radius 3 is 1.62 bits per heavy atom. The van der Waals surface area contributed by atoms with Crippen LogP contribution in [0.15, 0.2) is 78.9 Å². The van der Waals surface area contributed by atoms with E-state index in [1.54, 1.807) is 30.3 Å². The number of carboxylic acids is 1. The van der Waals surface area contributed by atoms with Crippen molar-refractivity contribution in [2.45, 2.75) is 36.5 Å².